The van der Waals surface area contributed by atoms with E-state index in [-0.39, 0.29) is 5.41 Å². The Hall–Kier alpha value is -2.16. The zero-order chi connectivity index (χ0) is 21.5. The van der Waals surface area contributed by atoms with Gasteiger partial charge in [-0.3, -0.25) is 0 Å². The van der Waals surface area contributed by atoms with Gasteiger partial charge in [0.15, 0.2) is 0 Å². The summed E-state index contributed by atoms with van der Waals surface area (Å²) in [4.78, 5) is 0. The lowest BCUT2D eigenvalue weighted by Gasteiger charge is -2.36. The molecule has 154 valence electrons. The number of halogens is 1. The Balaban J connectivity index is 1.59. The highest BCUT2D eigenvalue weighted by Gasteiger charge is 2.44. The van der Waals surface area contributed by atoms with Crippen molar-refractivity contribution in [1.82, 2.24) is 0 Å². The zero-order valence-electron chi connectivity index (χ0n) is 18.3. The zero-order valence-corrected chi connectivity index (χ0v) is 20.7. The molecule has 0 radical (unpaired) electrons. The van der Waals surface area contributed by atoms with E-state index in [2.05, 4.69) is 104 Å². The average molecular weight is 485 g/mol. The second kappa shape index (κ2) is 6.67. The van der Waals surface area contributed by atoms with Crippen molar-refractivity contribution in [3.05, 3.63) is 97.8 Å². The van der Waals surface area contributed by atoms with E-state index in [0.717, 1.165) is 6.42 Å². The van der Waals surface area contributed by atoms with Crippen LogP contribution in [0.5, 0.6) is 0 Å². The third kappa shape index (κ3) is 2.64. The van der Waals surface area contributed by atoms with Crippen LogP contribution in [0, 0.1) is 12.3 Å². The molecule has 31 heavy (non-hydrogen) atoms. The van der Waals surface area contributed by atoms with E-state index in [0.29, 0.717) is 5.92 Å². The Labute approximate surface area is 196 Å². The van der Waals surface area contributed by atoms with Gasteiger partial charge in [-0.25, -0.2) is 0 Å². The second-order valence-corrected chi connectivity index (χ2v) is 12.1. The fraction of sp³-hybridized carbons (Fsp3) is 0.241. The monoisotopic (exact) mass is 484 g/mol. The summed E-state index contributed by atoms with van der Waals surface area (Å²) in [6.45, 7) is 9.60. The third-order valence-corrected chi connectivity index (χ3v) is 9.11. The summed E-state index contributed by atoms with van der Waals surface area (Å²) in [5.74, 6) is 0.363. The van der Waals surface area contributed by atoms with Gasteiger partial charge in [-0.05, 0) is 98.2 Å². The lowest BCUT2D eigenvalue weighted by atomic mass is 9.67. The molecule has 2 aliphatic rings. The molecular weight excluding hydrogens is 460 g/mol. The summed E-state index contributed by atoms with van der Waals surface area (Å²) < 4.78 is 2.60. The molecule has 0 atom stereocenters. The maximum atomic E-state index is 3.71. The van der Waals surface area contributed by atoms with Crippen molar-refractivity contribution < 1.29 is 0 Å². The van der Waals surface area contributed by atoms with Crippen molar-refractivity contribution in [2.24, 2.45) is 5.41 Å². The Bertz CT molecular complexity index is 1370. The number of rotatable bonds is 2. The van der Waals surface area contributed by atoms with Crippen LogP contribution in [0.4, 0.5) is 0 Å². The molecule has 0 bridgehead atoms. The van der Waals surface area contributed by atoms with Crippen molar-refractivity contribution >= 4 is 42.9 Å². The van der Waals surface area contributed by atoms with Gasteiger partial charge in [-0.2, -0.15) is 0 Å². The summed E-state index contributed by atoms with van der Waals surface area (Å²) in [6.07, 6.45) is 1.07. The van der Waals surface area contributed by atoms with Crippen LogP contribution in [-0.4, -0.2) is 0 Å². The van der Waals surface area contributed by atoms with E-state index in [4.69, 9.17) is 0 Å². The Kier molecular flexibility index (Phi) is 4.20. The standard InChI is InChI=1S/C29H25BrS/c1-16-13-22-17(2)23-15-26(30)31-25(23)14-24(22)27(16)29(3,4)28-20-11-7-5-9-18(20)19-10-6-8-12-21(19)28/h5-12,14-15,28H,13H2,1-4H3. The molecule has 6 rings (SSSR count). The molecule has 0 N–H and O–H groups in total. The number of allylic oxidation sites excluding steroid dienone is 2. The molecule has 0 saturated carbocycles. The minimum Gasteiger partial charge on any atom is -0.128 e. The first-order valence-electron chi connectivity index (χ1n) is 11.0. The van der Waals surface area contributed by atoms with Gasteiger partial charge in [0.1, 0.15) is 0 Å². The summed E-state index contributed by atoms with van der Waals surface area (Å²) in [6, 6.07) is 22.8. The van der Waals surface area contributed by atoms with Crippen LogP contribution in [0.1, 0.15) is 54.5 Å². The first kappa shape index (κ1) is 19.5. The van der Waals surface area contributed by atoms with Gasteiger partial charge in [0.25, 0.3) is 0 Å². The molecule has 0 nitrogen and oxygen atoms in total. The Morgan fingerprint density at radius 3 is 2.13 bits per heavy atom. The quantitative estimate of drug-likeness (QED) is 0.266. The smallest absolute Gasteiger partial charge is 0.0711 e. The number of thiophene rings is 1. The fourth-order valence-electron chi connectivity index (χ4n) is 6.37. The number of aryl methyl sites for hydroxylation is 1. The molecule has 2 heteroatoms. The van der Waals surface area contributed by atoms with Crippen LogP contribution >= 0.6 is 27.3 Å². The molecule has 0 saturated heterocycles. The summed E-state index contributed by atoms with van der Waals surface area (Å²) in [5, 5.41) is 1.40. The van der Waals surface area contributed by atoms with Crippen molar-refractivity contribution in [3.63, 3.8) is 0 Å². The van der Waals surface area contributed by atoms with E-state index in [9.17, 15) is 0 Å². The summed E-state index contributed by atoms with van der Waals surface area (Å²) >= 11 is 5.56. The van der Waals surface area contributed by atoms with E-state index in [1.165, 1.54) is 58.4 Å². The van der Waals surface area contributed by atoms with Gasteiger partial charge in [-0.1, -0.05) is 68.0 Å². The van der Waals surface area contributed by atoms with Crippen LogP contribution in [0.15, 0.2) is 70.0 Å². The van der Waals surface area contributed by atoms with Crippen LogP contribution in [0.25, 0.3) is 26.8 Å². The van der Waals surface area contributed by atoms with Crippen molar-refractivity contribution in [2.75, 3.05) is 0 Å². The summed E-state index contributed by atoms with van der Waals surface area (Å²) in [7, 11) is 0. The highest BCUT2D eigenvalue weighted by molar-refractivity contribution is 9.11. The van der Waals surface area contributed by atoms with Gasteiger partial charge in [0.2, 0.25) is 0 Å². The molecule has 0 spiro atoms. The molecule has 0 fully saturated rings. The van der Waals surface area contributed by atoms with E-state index in [1.54, 1.807) is 5.57 Å². The first-order chi connectivity index (χ1) is 14.9. The average Bonchev–Trinajstić information content (AvgIpc) is 3.39. The van der Waals surface area contributed by atoms with Gasteiger partial charge in [-0.15, -0.1) is 11.3 Å². The number of benzene rings is 3. The maximum Gasteiger partial charge on any atom is 0.0711 e. The maximum absolute atomic E-state index is 3.71. The Morgan fingerprint density at radius 2 is 1.48 bits per heavy atom. The number of hydrogen-bond donors (Lipinski definition) is 0. The lowest BCUT2D eigenvalue weighted by Crippen LogP contribution is -2.24. The van der Waals surface area contributed by atoms with Crippen LogP contribution in [-0.2, 0) is 6.42 Å². The number of hydrogen-bond acceptors (Lipinski definition) is 1. The molecule has 4 aromatic rings. The van der Waals surface area contributed by atoms with Crippen molar-refractivity contribution in [3.8, 4) is 11.1 Å². The fourth-order valence-corrected chi connectivity index (χ4v) is 8.00. The van der Waals surface area contributed by atoms with Gasteiger partial charge < -0.3 is 0 Å². The van der Waals surface area contributed by atoms with Gasteiger partial charge in [0, 0.05) is 16.0 Å². The molecule has 0 aliphatic heterocycles. The van der Waals surface area contributed by atoms with E-state index in [1.807, 2.05) is 11.3 Å². The second-order valence-electron chi connectivity index (χ2n) is 9.65. The van der Waals surface area contributed by atoms with Gasteiger partial charge >= 0.3 is 0 Å². The predicted octanol–water partition coefficient (Wildman–Crippen LogP) is 9.14. The van der Waals surface area contributed by atoms with Crippen LogP contribution in [0.3, 0.4) is 0 Å². The normalized spacial score (nSPS) is 15.5. The molecule has 0 amide bonds. The molecule has 1 heterocycles. The predicted molar refractivity (Wildman–Crippen MR) is 138 cm³/mol. The SMILES string of the molecule is CC1=C(C(C)(C)C2c3ccccc3-c3ccccc32)c2cc3sc(Br)cc3c(C)c2C1. The van der Waals surface area contributed by atoms with Crippen LogP contribution in [0.2, 0.25) is 0 Å². The molecule has 3 aromatic carbocycles. The number of fused-ring (bicyclic) bond motifs is 5. The van der Waals surface area contributed by atoms with Crippen molar-refractivity contribution in [1.29, 1.82) is 0 Å². The highest BCUT2D eigenvalue weighted by atomic mass is 79.9. The first-order valence-corrected chi connectivity index (χ1v) is 12.6. The summed E-state index contributed by atoms with van der Waals surface area (Å²) in [5.41, 5.74) is 13.3. The topological polar surface area (TPSA) is 0 Å². The van der Waals surface area contributed by atoms with Crippen LogP contribution < -0.4 is 0 Å². The van der Waals surface area contributed by atoms with E-state index >= 15 is 0 Å². The molecular formula is C29H25BrS. The third-order valence-electron chi connectivity index (χ3n) is 7.53. The molecule has 0 unspecified atom stereocenters. The Morgan fingerprint density at radius 1 is 0.871 bits per heavy atom. The van der Waals surface area contributed by atoms with Crippen molar-refractivity contribution in [2.45, 2.75) is 40.0 Å². The minimum absolute atomic E-state index is 0.00729. The molecule has 1 aromatic heterocycles. The highest BCUT2D eigenvalue weighted by Crippen LogP contribution is 2.59. The minimum atomic E-state index is -0.00729. The molecule has 2 aliphatic carbocycles. The largest absolute Gasteiger partial charge is 0.128 e. The van der Waals surface area contributed by atoms with E-state index < -0.39 is 0 Å². The lowest BCUT2D eigenvalue weighted by molar-refractivity contribution is 0.440. The van der Waals surface area contributed by atoms with Gasteiger partial charge in [0.05, 0.1) is 3.79 Å².